The Balaban J connectivity index is 2.23. The van der Waals surface area contributed by atoms with Crippen LogP contribution in [0.4, 0.5) is 0 Å². The largest absolute Gasteiger partial charge is 0.373 e. The fraction of sp³-hybridized carbons (Fsp3) is 0.867. The number of carbonyl (C=O) groups excluding carboxylic acids is 2. The molecule has 0 saturated carbocycles. The summed E-state index contributed by atoms with van der Waals surface area (Å²) in [5, 5.41) is 2.81. The number of nitrogens with one attached hydrogen (secondary N) is 1. The fourth-order valence-corrected chi connectivity index (χ4v) is 3.40. The van der Waals surface area contributed by atoms with Gasteiger partial charge in [0.05, 0.1) is 12.2 Å². The quantitative estimate of drug-likeness (QED) is 0.849. The molecule has 0 bridgehead atoms. The molecule has 0 aromatic heterocycles. The van der Waals surface area contributed by atoms with Crippen LogP contribution in [0.5, 0.6) is 0 Å². The first-order chi connectivity index (χ1) is 9.44. The summed E-state index contributed by atoms with van der Waals surface area (Å²) in [6.45, 7) is 8.28. The van der Waals surface area contributed by atoms with E-state index in [0.29, 0.717) is 19.4 Å². The number of rotatable bonds is 4. The van der Waals surface area contributed by atoms with Crippen molar-refractivity contribution in [3.8, 4) is 0 Å². The highest BCUT2D eigenvalue weighted by Crippen LogP contribution is 2.31. The summed E-state index contributed by atoms with van der Waals surface area (Å²) < 4.78 is 5.84. The Morgan fingerprint density at radius 3 is 2.40 bits per heavy atom. The molecule has 2 saturated heterocycles. The van der Waals surface area contributed by atoms with Crippen LogP contribution < -0.4 is 5.32 Å². The number of piperazine rings is 1. The Kier molecular flexibility index (Phi) is 4.37. The second-order valence-electron chi connectivity index (χ2n) is 6.03. The molecule has 5 heteroatoms. The Morgan fingerprint density at radius 1 is 1.25 bits per heavy atom. The maximum Gasteiger partial charge on any atom is 0.246 e. The molecule has 1 N–H and O–H groups in total. The topological polar surface area (TPSA) is 58.6 Å². The lowest BCUT2D eigenvalue weighted by molar-refractivity contribution is -0.160. The zero-order chi connectivity index (χ0) is 14.9. The van der Waals surface area contributed by atoms with Crippen molar-refractivity contribution < 1.29 is 14.3 Å². The van der Waals surface area contributed by atoms with Crippen LogP contribution in [0.3, 0.4) is 0 Å². The van der Waals surface area contributed by atoms with E-state index in [-0.39, 0.29) is 24.0 Å². The minimum absolute atomic E-state index is 0.0106. The van der Waals surface area contributed by atoms with Gasteiger partial charge in [-0.05, 0) is 39.5 Å². The van der Waals surface area contributed by atoms with E-state index >= 15 is 0 Å². The summed E-state index contributed by atoms with van der Waals surface area (Å²) >= 11 is 0. The van der Waals surface area contributed by atoms with E-state index in [1.54, 1.807) is 11.8 Å². The third kappa shape index (κ3) is 2.43. The Labute approximate surface area is 121 Å². The van der Waals surface area contributed by atoms with Crippen molar-refractivity contribution in [1.82, 2.24) is 10.2 Å². The average Bonchev–Trinajstić information content (AvgIpc) is 2.82. The zero-order valence-corrected chi connectivity index (χ0v) is 12.9. The minimum atomic E-state index is -0.710. The highest BCUT2D eigenvalue weighted by atomic mass is 16.5. The van der Waals surface area contributed by atoms with Gasteiger partial charge in [-0.3, -0.25) is 9.59 Å². The standard InChI is InChI=1S/C15H26N2O3/c1-5-15(6-2)14(19)16-11(4)13(18)17(15)9-12-8-7-10(3)20-12/h10-12H,5-9H2,1-4H3,(H,16,19). The molecule has 2 aliphatic heterocycles. The Morgan fingerprint density at radius 2 is 1.90 bits per heavy atom. The molecule has 2 rings (SSSR count). The second-order valence-corrected chi connectivity index (χ2v) is 6.03. The molecule has 0 aromatic carbocycles. The van der Waals surface area contributed by atoms with Gasteiger partial charge in [-0.25, -0.2) is 0 Å². The molecule has 2 fully saturated rings. The van der Waals surface area contributed by atoms with E-state index < -0.39 is 11.6 Å². The van der Waals surface area contributed by atoms with Crippen molar-refractivity contribution in [3.05, 3.63) is 0 Å². The summed E-state index contributed by atoms with van der Waals surface area (Å²) in [6.07, 6.45) is 3.57. The average molecular weight is 282 g/mol. The number of nitrogens with zero attached hydrogens (tertiary/aromatic N) is 1. The molecule has 0 spiro atoms. The molecular formula is C15H26N2O3. The van der Waals surface area contributed by atoms with Gasteiger partial charge in [0.15, 0.2) is 0 Å². The van der Waals surface area contributed by atoms with Crippen LogP contribution >= 0.6 is 0 Å². The summed E-state index contributed by atoms with van der Waals surface area (Å²) in [4.78, 5) is 26.7. The van der Waals surface area contributed by atoms with E-state index in [1.165, 1.54) is 0 Å². The maximum absolute atomic E-state index is 12.5. The molecule has 2 heterocycles. The molecule has 5 nitrogen and oxygen atoms in total. The smallest absolute Gasteiger partial charge is 0.246 e. The van der Waals surface area contributed by atoms with Crippen molar-refractivity contribution in [2.24, 2.45) is 0 Å². The van der Waals surface area contributed by atoms with Gasteiger partial charge in [0.1, 0.15) is 11.6 Å². The lowest BCUT2D eigenvalue weighted by Gasteiger charge is -2.47. The molecular weight excluding hydrogens is 256 g/mol. The van der Waals surface area contributed by atoms with Crippen molar-refractivity contribution in [1.29, 1.82) is 0 Å². The highest BCUT2D eigenvalue weighted by Gasteiger charge is 2.50. The predicted octanol–water partition coefficient (Wildman–Crippen LogP) is 1.46. The van der Waals surface area contributed by atoms with Gasteiger partial charge < -0.3 is 15.0 Å². The number of amides is 2. The first-order valence-corrected chi connectivity index (χ1v) is 7.72. The van der Waals surface area contributed by atoms with E-state index in [0.717, 1.165) is 12.8 Å². The Bertz CT molecular complexity index is 393. The molecule has 3 unspecified atom stereocenters. The molecule has 0 aliphatic carbocycles. The van der Waals surface area contributed by atoms with Crippen LogP contribution in [0.25, 0.3) is 0 Å². The van der Waals surface area contributed by atoms with Crippen molar-refractivity contribution in [3.63, 3.8) is 0 Å². The van der Waals surface area contributed by atoms with Gasteiger partial charge in [0.2, 0.25) is 11.8 Å². The van der Waals surface area contributed by atoms with Crippen LogP contribution in [0.15, 0.2) is 0 Å². The van der Waals surface area contributed by atoms with Crippen LogP contribution in [-0.2, 0) is 14.3 Å². The number of hydrogen-bond donors (Lipinski definition) is 1. The second kappa shape index (κ2) is 5.72. The predicted molar refractivity (Wildman–Crippen MR) is 76.2 cm³/mol. The lowest BCUT2D eigenvalue weighted by atomic mass is 9.85. The van der Waals surface area contributed by atoms with Crippen LogP contribution in [-0.4, -0.2) is 47.0 Å². The maximum atomic E-state index is 12.5. The van der Waals surface area contributed by atoms with Crippen molar-refractivity contribution >= 4 is 11.8 Å². The first kappa shape index (κ1) is 15.3. The van der Waals surface area contributed by atoms with E-state index in [2.05, 4.69) is 12.2 Å². The van der Waals surface area contributed by atoms with Crippen molar-refractivity contribution in [2.45, 2.75) is 77.2 Å². The Hall–Kier alpha value is -1.10. The fourth-order valence-electron chi connectivity index (χ4n) is 3.40. The van der Waals surface area contributed by atoms with Crippen LogP contribution in [0.1, 0.15) is 53.4 Å². The summed E-state index contributed by atoms with van der Waals surface area (Å²) in [7, 11) is 0. The molecule has 114 valence electrons. The minimum Gasteiger partial charge on any atom is -0.373 e. The van der Waals surface area contributed by atoms with E-state index in [4.69, 9.17) is 4.74 Å². The lowest BCUT2D eigenvalue weighted by Crippen LogP contribution is -2.70. The van der Waals surface area contributed by atoms with E-state index in [9.17, 15) is 9.59 Å². The molecule has 2 amide bonds. The van der Waals surface area contributed by atoms with E-state index in [1.807, 2.05) is 13.8 Å². The molecule has 20 heavy (non-hydrogen) atoms. The summed E-state index contributed by atoms with van der Waals surface area (Å²) in [6, 6.07) is -0.437. The van der Waals surface area contributed by atoms with Gasteiger partial charge in [0, 0.05) is 6.54 Å². The van der Waals surface area contributed by atoms with Gasteiger partial charge in [-0.2, -0.15) is 0 Å². The monoisotopic (exact) mass is 282 g/mol. The third-order valence-electron chi connectivity index (χ3n) is 4.80. The van der Waals surface area contributed by atoms with Crippen LogP contribution in [0.2, 0.25) is 0 Å². The molecule has 2 aliphatic rings. The number of carbonyl (C=O) groups is 2. The normalized spacial score (nSPS) is 33.4. The molecule has 3 atom stereocenters. The molecule has 0 radical (unpaired) electrons. The summed E-state index contributed by atoms with van der Waals surface area (Å²) in [5.74, 6) is -0.0166. The molecule has 0 aromatic rings. The first-order valence-electron chi connectivity index (χ1n) is 7.72. The highest BCUT2D eigenvalue weighted by molar-refractivity contribution is 5.99. The van der Waals surface area contributed by atoms with Crippen molar-refractivity contribution in [2.75, 3.05) is 6.54 Å². The SMILES string of the molecule is CCC1(CC)C(=O)NC(C)C(=O)N1CC1CCC(C)O1. The van der Waals surface area contributed by atoms with Gasteiger partial charge in [-0.15, -0.1) is 0 Å². The summed E-state index contributed by atoms with van der Waals surface area (Å²) in [5.41, 5.74) is -0.710. The van der Waals surface area contributed by atoms with Crippen LogP contribution in [0, 0.1) is 0 Å². The zero-order valence-electron chi connectivity index (χ0n) is 12.9. The van der Waals surface area contributed by atoms with Gasteiger partial charge in [0.25, 0.3) is 0 Å². The van der Waals surface area contributed by atoms with Gasteiger partial charge in [-0.1, -0.05) is 13.8 Å². The third-order valence-corrected chi connectivity index (χ3v) is 4.80. The van der Waals surface area contributed by atoms with Gasteiger partial charge >= 0.3 is 0 Å². The number of hydrogen-bond acceptors (Lipinski definition) is 3. The number of ether oxygens (including phenoxy) is 1.